The standard InChI is InChI=1S/C23H21BrF2N2O6.C19H14BrClF2N2O4.C19H15BrF2N2O4/c1-3-32-17(29)11-31-10-16(33-15-9-8-14(25)18(19(15)26)22(27)30)23-28-20(21(24)34-23)13-6-4-12(2)5-7-13;1-27-8-13(28-12-7-6-11(22)14(15(12)23)18(24)26)19-25-16(17(20)29-19)9-2-4-10(21)5-3-9;1-9-2-4-10(5-3-9)16-17(20)28-19(24-16)13(8-25)27-12-7-6-11(21)14(15(12)22)18(23)26/h4-9,16H,3,10-11H2,1-2H3,(H2,27,30);2-7,13H,8H2,1H3,(H2,24,26);2-7,13,25H,8H2,1H3,(H2,23,26). The van der Waals surface area contributed by atoms with Gasteiger partial charge in [0, 0.05) is 28.8 Å². The quantitative estimate of drug-likeness (QED) is 0.0342. The molecule has 3 heterocycles. The summed E-state index contributed by atoms with van der Waals surface area (Å²) in [5.41, 5.74) is 18.1. The second-order valence-corrected chi connectivity index (χ2v) is 21.4. The number of primary amides is 3. The molecule has 6 aromatic carbocycles. The van der Waals surface area contributed by atoms with Crippen LogP contribution in [0.5, 0.6) is 17.2 Å². The smallest absolute Gasteiger partial charge is 0.332 e. The van der Waals surface area contributed by atoms with Crippen molar-refractivity contribution in [2.24, 2.45) is 17.2 Å². The first-order valence-corrected chi connectivity index (χ1v) is 29.1. The van der Waals surface area contributed by atoms with Crippen molar-refractivity contribution < 1.29 is 92.3 Å². The third-order valence-electron chi connectivity index (χ3n) is 12.4. The molecule has 30 heteroatoms. The molecule has 0 saturated heterocycles. The number of aryl methyl sites for hydroxylation is 2. The van der Waals surface area contributed by atoms with E-state index in [0.717, 1.165) is 64.2 Å². The summed E-state index contributed by atoms with van der Waals surface area (Å²) in [6.45, 7) is 4.33. The van der Waals surface area contributed by atoms with Gasteiger partial charge in [0.2, 0.25) is 17.7 Å². The molecule has 9 rings (SSSR count). The van der Waals surface area contributed by atoms with Gasteiger partial charge in [0.25, 0.3) is 17.7 Å². The molecular weight excluding hydrogens is 1430 g/mol. The van der Waals surface area contributed by atoms with Crippen LogP contribution in [0.4, 0.5) is 26.3 Å². The van der Waals surface area contributed by atoms with E-state index < -0.39 is 124 Å². The van der Waals surface area contributed by atoms with E-state index in [1.54, 1.807) is 31.2 Å². The minimum Gasteiger partial charge on any atom is -0.475 e. The highest BCUT2D eigenvalue weighted by Gasteiger charge is 2.31. The Morgan fingerprint density at radius 2 is 0.857 bits per heavy atom. The van der Waals surface area contributed by atoms with E-state index >= 15 is 0 Å². The largest absolute Gasteiger partial charge is 0.475 e. The summed E-state index contributed by atoms with van der Waals surface area (Å²) in [6, 6.07) is 27.4. The summed E-state index contributed by atoms with van der Waals surface area (Å²) in [5.74, 6) is -12.9. The number of oxazole rings is 3. The minimum absolute atomic E-state index is 0.0179. The van der Waals surface area contributed by atoms with Gasteiger partial charge in [-0.2, -0.15) is 0 Å². The number of aliphatic hydroxyl groups excluding tert-OH is 1. The van der Waals surface area contributed by atoms with Crippen LogP contribution >= 0.6 is 59.4 Å². The van der Waals surface area contributed by atoms with E-state index in [2.05, 4.69) is 62.7 Å². The lowest BCUT2D eigenvalue weighted by Gasteiger charge is -2.17. The Balaban J connectivity index is 0.000000195. The SMILES string of the molecule is CCOC(=O)COCC(Oc1ccc(F)c(C(N)=O)c1F)c1nc(-c2ccc(C)cc2)c(Br)o1.COCC(Oc1ccc(F)c(C(N)=O)c1F)c1nc(-c2ccc(Cl)cc2)c(Br)o1.Cc1ccc(-c2nc(C(CO)Oc3ccc(F)c(C(N)=O)c3F)oc2Br)cc1. The molecule has 0 fully saturated rings. The second kappa shape index (κ2) is 31.9. The van der Waals surface area contributed by atoms with Crippen molar-refractivity contribution in [3.63, 3.8) is 0 Å². The number of nitrogens with zero attached hydrogens (tertiary/aromatic N) is 3. The number of rotatable bonds is 23. The fourth-order valence-corrected chi connectivity index (χ4v) is 9.60. The average molecular weight is 1480 g/mol. The van der Waals surface area contributed by atoms with Crippen LogP contribution in [0.25, 0.3) is 33.8 Å². The number of esters is 1. The van der Waals surface area contributed by atoms with E-state index in [0.29, 0.717) is 31.4 Å². The summed E-state index contributed by atoms with van der Waals surface area (Å²) in [4.78, 5) is 58.7. The van der Waals surface area contributed by atoms with Gasteiger partial charge in [0.15, 0.2) is 67.0 Å². The lowest BCUT2D eigenvalue weighted by atomic mass is 10.1. The third-order valence-corrected chi connectivity index (χ3v) is 14.3. The summed E-state index contributed by atoms with van der Waals surface area (Å²) in [7, 11) is 1.41. The predicted molar refractivity (Wildman–Crippen MR) is 325 cm³/mol. The maximum atomic E-state index is 14.8. The maximum absolute atomic E-state index is 14.8. The van der Waals surface area contributed by atoms with Crippen LogP contribution in [-0.2, 0) is 19.0 Å². The van der Waals surface area contributed by atoms with Gasteiger partial charge in [-0.25, -0.2) is 46.1 Å². The first-order valence-electron chi connectivity index (χ1n) is 26.4. The molecule has 3 aromatic heterocycles. The number of nitrogens with two attached hydrogens (primary N) is 3. The zero-order valence-electron chi connectivity index (χ0n) is 47.8. The number of benzene rings is 6. The maximum Gasteiger partial charge on any atom is 0.332 e. The van der Waals surface area contributed by atoms with E-state index in [1.807, 2.05) is 62.4 Å². The Labute approximate surface area is 543 Å². The van der Waals surface area contributed by atoms with Crippen LogP contribution in [0.15, 0.2) is 136 Å². The highest BCUT2D eigenvalue weighted by atomic mass is 79.9. The molecule has 3 unspecified atom stereocenters. The molecule has 0 spiro atoms. The van der Waals surface area contributed by atoms with Crippen molar-refractivity contribution in [1.82, 2.24) is 15.0 Å². The number of aromatic nitrogens is 3. The molecule has 0 bridgehead atoms. The van der Waals surface area contributed by atoms with Crippen LogP contribution in [0.2, 0.25) is 5.02 Å². The van der Waals surface area contributed by atoms with Crippen LogP contribution in [-0.4, -0.2) is 83.9 Å². The van der Waals surface area contributed by atoms with Crippen molar-refractivity contribution in [3.05, 3.63) is 209 Å². The Bertz CT molecular complexity index is 4070. The molecule has 20 nitrogen and oxygen atoms in total. The lowest BCUT2D eigenvalue weighted by Crippen LogP contribution is -2.21. The number of hydrogen-bond donors (Lipinski definition) is 4. The van der Waals surface area contributed by atoms with Crippen molar-refractivity contribution in [2.45, 2.75) is 39.1 Å². The van der Waals surface area contributed by atoms with E-state index in [1.165, 1.54) is 7.11 Å². The molecule has 0 aliphatic carbocycles. The number of aliphatic hydroxyl groups is 1. The van der Waals surface area contributed by atoms with Gasteiger partial charge in [0.1, 0.15) is 57.8 Å². The molecule has 0 saturated carbocycles. The highest BCUT2D eigenvalue weighted by molar-refractivity contribution is 9.11. The summed E-state index contributed by atoms with van der Waals surface area (Å²) < 4.78 is 134. The molecule has 9 aromatic rings. The number of carbonyl (C=O) groups is 4. The number of ether oxygens (including phenoxy) is 6. The highest BCUT2D eigenvalue weighted by Crippen LogP contribution is 2.38. The number of halogens is 10. The van der Waals surface area contributed by atoms with E-state index in [9.17, 15) is 50.6 Å². The van der Waals surface area contributed by atoms with Crippen molar-refractivity contribution in [2.75, 3.05) is 40.1 Å². The number of amides is 3. The van der Waals surface area contributed by atoms with E-state index in [4.69, 9.17) is 70.5 Å². The lowest BCUT2D eigenvalue weighted by molar-refractivity contribution is -0.149. The Kier molecular flexibility index (Phi) is 24.5. The molecule has 3 amide bonds. The minimum atomic E-state index is -1.30. The molecular formula is C61H50Br3ClF6N6O14. The normalized spacial score (nSPS) is 11.9. The molecule has 91 heavy (non-hydrogen) atoms. The fourth-order valence-electron chi connectivity index (χ4n) is 8.02. The van der Waals surface area contributed by atoms with Gasteiger partial charge in [-0.05, 0) is 117 Å². The molecule has 0 aliphatic heterocycles. The molecule has 478 valence electrons. The van der Waals surface area contributed by atoms with Gasteiger partial charge < -0.3 is 64.0 Å². The van der Waals surface area contributed by atoms with Gasteiger partial charge in [-0.15, -0.1) is 0 Å². The predicted octanol–water partition coefficient (Wildman–Crippen LogP) is 13.3. The third kappa shape index (κ3) is 17.7. The van der Waals surface area contributed by atoms with Gasteiger partial charge in [-0.3, -0.25) is 14.4 Å². The van der Waals surface area contributed by atoms with Crippen LogP contribution in [0.1, 0.15) is 85.1 Å². The fraction of sp³-hybridized carbons (Fsp3) is 0.197. The molecule has 0 radical (unpaired) electrons. The van der Waals surface area contributed by atoms with Gasteiger partial charge >= 0.3 is 5.97 Å². The number of methoxy groups -OCH3 is 1. The first-order chi connectivity index (χ1) is 43.3. The monoisotopic (exact) mass is 1480 g/mol. The van der Waals surface area contributed by atoms with Crippen LogP contribution in [0, 0.1) is 48.8 Å². The number of hydrogen-bond acceptors (Lipinski definition) is 17. The van der Waals surface area contributed by atoms with Crippen molar-refractivity contribution in [3.8, 4) is 51.0 Å². The van der Waals surface area contributed by atoms with Crippen molar-refractivity contribution in [1.29, 1.82) is 0 Å². The zero-order chi connectivity index (χ0) is 66.4. The first kappa shape index (κ1) is 69.9. The Morgan fingerprint density at radius 1 is 0.527 bits per heavy atom. The van der Waals surface area contributed by atoms with E-state index in [-0.39, 0.29) is 42.2 Å². The molecule has 0 aliphatic rings. The Morgan fingerprint density at radius 3 is 1.19 bits per heavy atom. The second-order valence-electron chi connectivity index (χ2n) is 18.8. The van der Waals surface area contributed by atoms with Gasteiger partial charge in [-0.1, -0.05) is 83.4 Å². The summed E-state index contributed by atoms with van der Waals surface area (Å²) in [6.07, 6.45) is -3.36. The average Bonchev–Trinajstić information content (AvgIpc) is 1.87. The number of carbonyl (C=O) groups excluding carboxylic acids is 4. The summed E-state index contributed by atoms with van der Waals surface area (Å²) in [5, 5.41) is 10.2. The molecule has 7 N–H and O–H groups in total. The topological polar surface area (TPSA) is 300 Å². The van der Waals surface area contributed by atoms with Crippen molar-refractivity contribution >= 4 is 83.1 Å². The van der Waals surface area contributed by atoms with Crippen LogP contribution < -0.4 is 31.4 Å². The van der Waals surface area contributed by atoms with Gasteiger partial charge in [0.05, 0.1) is 26.4 Å². The van der Waals surface area contributed by atoms with Crippen LogP contribution in [0.3, 0.4) is 0 Å². The molecule has 3 atom stereocenters. The summed E-state index contributed by atoms with van der Waals surface area (Å²) >= 11 is 15.8. The zero-order valence-corrected chi connectivity index (χ0v) is 53.3. The Hall–Kier alpha value is -8.58.